The average molecular weight is 489 g/mol. The minimum atomic E-state index is -5.08. The van der Waals surface area contributed by atoms with E-state index in [0.717, 1.165) is 49.2 Å². The van der Waals surface area contributed by atoms with Crippen LogP contribution in [0.1, 0.15) is 65.1 Å². The van der Waals surface area contributed by atoms with Gasteiger partial charge in [0.1, 0.15) is 16.9 Å². The highest BCUT2D eigenvalue weighted by molar-refractivity contribution is 5.88. The lowest BCUT2D eigenvalue weighted by Gasteiger charge is -2.28. The predicted molar refractivity (Wildman–Crippen MR) is 122 cm³/mol. The Hall–Kier alpha value is -2.63. The van der Waals surface area contributed by atoms with E-state index in [9.17, 15) is 13.2 Å². The summed E-state index contributed by atoms with van der Waals surface area (Å²) in [5, 5.41) is 15.4. The number of aromatic nitrogens is 4. The number of rotatable bonds is 8. The molecular weight excluding hydrogens is 453 g/mol. The molecule has 0 bridgehead atoms. The van der Waals surface area contributed by atoms with E-state index in [0.29, 0.717) is 23.5 Å². The molecule has 3 rings (SSSR count). The van der Waals surface area contributed by atoms with Crippen molar-refractivity contribution in [1.29, 1.82) is 0 Å². The van der Waals surface area contributed by atoms with Gasteiger partial charge in [-0.3, -0.25) is 0 Å². The largest absolute Gasteiger partial charge is 0.490 e. The molecule has 2 aromatic heterocycles. The van der Waals surface area contributed by atoms with E-state index in [4.69, 9.17) is 31.1 Å². The second kappa shape index (κ2) is 12.2. The molecular formula is C22H35F3N6O3. The van der Waals surface area contributed by atoms with Gasteiger partial charge in [-0.2, -0.15) is 13.2 Å². The number of nitrogen functional groups attached to an aromatic ring is 1. The molecule has 192 valence electrons. The molecule has 2 aromatic rings. The molecule has 1 fully saturated rings. The zero-order valence-corrected chi connectivity index (χ0v) is 19.9. The number of carboxylic acids is 1. The number of nitrogens with two attached hydrogens (primary N) is 2. The van der Waals surface area contributed by atoms with Crippen LogP contribution in [-0.2, 0) is 17.8 Å². The monoisotopic (exact) mass is 488 g/mol. The maximum absolute atomic E-state index is 10.6. The number of aliphatic carboxylic acids is 1. The van der Waals surface area contributed by atoms with Crippen molar-refractivity contribution in [3.63, 3.8) is 0 Å². The number of unbranched alkanes of at least 4 members (excludes halogenated alkanes) is 1. The second-order valence-corrected chi connectivity index (χ2v) is 8.92. The Bertz CT molecular complexity index is 940. The van der Waals surface area contributed by atoms with Gasteiger partial charge in [0.2, 0.25) is 0 Å². The Morgan fingerprint density at radius 1 is 1.21 bits per heavy atom. The molecule has 0 atom stereocenters. The van der Waals surface area contributed by atoms with E-state index in [1.807, 2.05) is 13.8 Å². The van der Waals surface area contributed by atoms with Crippen LogP contribution in [0.15, 0.2) is 0 Å². The predicted octanol–water partition coefficient (Wildman–Crippen LogP) is 3.94. The number of nitrogens with zero attached hydrogens (tertiary/aromatic N) is 4. The fourth-order valence-electron chi connectivity index (χ4n) is 4.02. The van der Waals surface area contributed by atoms with E-state index in [2.05, 4.69) is 21.7 Å². The SMILES string of the molecule is CCCCc1nc2c(N)nnc(OC(C)C)c2n1CC1CCC(CN)CC1.O=C(O)C(F)(F)F. The van der Waals surface area contributed by atoms with Gasteiger partial charge in [-0.15, -0.1) is 10.2 Å². The standard InChI is InChI=1S/C20H34N6O.C2HF3O2/c1-4-5-6-16-23-17-18(20(27-13(2)3)25-24-19(17)22)26(16)12-15-9-7-14(11-21)8-10-15;3-2(4,5)1(6)7/h13-15H,4-12,21H2,1-3H3,(H2,22,24);(H,6,7). The van der Waals surface area contributed by atoms with Gasteiger partial charge in [-0.05, 0) is 64.3 Å². The highest BCUT2D eigenvalue weighted by Gasteiger charge is 2.38. The van der Waals surface area contributed by atoms with Crippen LogP contribution < -0.4 is 16.2 Å². The normalized spacial score (nSPS) is 18.6. The quantitative estimate of drug-likeness (QED) is 0.507. The van der Waals surface area contributed by atoms with Gasteiger partial charge < -0.3 is 25.9 Å². The van der Waals surface area contributed by atoms with Crippen LogP contribution in [0.2, 0.25) is 0 Å². The summed E-state index contributed by atoms with van der Waals surface area (Å²) in [7, 11) is 0. The Morgan fingerprint density at radius 2 is 1.79 bits per heavy atom. The number of carboxylic acid groups (broad SMARTS) is 1. The number of imidazole rings is 1. The van der Waals surface area contributed by atoms with Gasteiger partial charge in [-0.1, -0.05) is 13.3 Å². The molecule has 0 aromatic carbocycles. The molecule has 0 spiro atoms. The van der Waals surface area contributed by atoms with E-state index < -0.39 is 12.1 Å². The molecule has 0 amide bonds. The number of halogens is 3. The number of carbonyl (C=O) groups is 1. The van der Waals surface area contributed by atoms with Crippen LogP contribution in [0.5, 0.6) is 5.88 Å². The fourth-order valence-corrected chi connectivity index (χ4v) is 4.02. The molecule has 0 aliphatic heterocycles. The highest BCUT2D eigenvalue weighted by atomic mass is 19.4. The summed E-state index contributed by atoms with van der Waals surface area (Å²) >= 11 is 0. The highest BCUT2D eigenvalue weighted by Crippen LogP contribution is 2.34. The smallest absolute Gasteiger partial charge is 0.475 e. The average Bonchev–Trinajstić information content (AvgIpc) is 3.13. The molecule has 0 saturated heterocycles. The molecule has 5 N–H and O–H groups in total. The molecule has 1 aliphatic rings. The molecule has 12 heteroatoms. The van der Waals surface area contributed by atoms with Crippen LogP contribution in [-0.4, -0.2) is 49.6 Å². The molecule has 1 saturated carbocycles. The van der Waals surface area contributed by atoms with Crippen molar-refractivity contribution in [1.82, 2.24) is 19.7 Å². The summed E-state index contributed by atoms with van der Waals surface area (Å²) in [6.07, 6.45) is 2.96. The van der Waals surface area contributed by atoms with Crippen LogP contribution >= 0.6 is 0 Å². The molecule has 34 heavy (non-hydrogen) atoms. The number of aryl methyl sites for hydroxylation is 1. The lowest BCUT2D eigenvalue weighted by atomic mass is 9.82. The molecule has 0 radical (unpaired) electrons. The number of hydrogen-bond acceptors (Lipinski definition) is 7. The Labute approximate surface area is 197 Å². The number of fused-ring (bicyclic) bond motifs is 1. The van der Waals surface area contributed by atoms with Crippen LogP contribution in [0.4, 0.5) is 19.0 Å². The minimum absolute atomic E-state index is 0.0218. The van der Waals surface area contributed by atoms with Crippen LogP contribution in [0.3, 0.4) is 0 Å². The number of hydrogen-bond donors (Lipinski definition) is 3. The van der Waals surface area contributed by atoms with Gasteiger partial charge in [-0.25, -0.2) is 9.78 Å². The maximum Gasteiger partial charge on any atom is 0.490 e. The van der Waals surface area contributed by atoms with Gasteiger partial charge in [0.15, 0.2) is 5.82 Å². The molecule has 2 heterocycles. The summed E-state index contributed by atoms with van der Waals surface area (Å²) in [5.41, 5.74) is 13.6. The molecule has 1 aliphatic carbocycles. The minimum Gasteiger partial charge on any atom is -0.475 e. The zero-order chi connectivity index (χ0) is 25.5. The number of anilines is 1. The van der Waals surface area contributed by atoms with Gasteiger partial charge in [0.25, 0.3) is 5.88 Å². The van der Waals surface area contributed by atoms with Gasteiger partial charge in [0, 0.05) is 13.0 Å². The van der Waals surface area contributed by atoms with Crippen LogP contribution in [0, 0.1) is 11.8 Å². The van der Waals surface area contributed by atoms with Gasteiger partial charge in [0.05, 0.1) is 6.10 Å². The summed E-state index contributed by atoms with van der Waals surface area (Å²) in [4.78, 5) is 13.7. The van der Waals surface area contributed by atoms with Crippen LogP contribution in [0.25, 0.3) is 11.0 Å². The zero-order valence-electron chi connectivity index (χ0n) is 19.9. The van der Waals surface area contributed by atoms with E-state index in [1.54, 1.807) is 0 Å². The van der Waals surface area contributed by atoms with Crippen molar-refractivity contribution in [2.45, 2.75) is 84.5 Å². The van der Waals surface area contributed by atoms with E-state index >= 15 is 0 Å². The van der Waals surface area contributed by atoms with Crippen molar-refractivity contribution in [3.05, 3.63) is 5.82 Å². The third kappa shape index (κ3) is 7.44. The van der Waals surface area contributed by atoms with Crippen molar-refractivity contribution in [2.24, 2.45) is 17.6 Å². The maximum atomic E-state index is 10.6. The third-order valence-corrected chi connectivity index (χ3v) is 5.82. The number of ether oxygens (including phenoxy) is 1. The van der Waals surface area contributed by atoms with Crippen molar-refractivity contribution in [2.75, 3.05) is 12.3 Å². The first-order chi connectivity index (χ1) is 16.0. The number of alkyl halides is 3. The topological polar surface area (TPSA) is 142 Å². The first-order valence-electron chi connectivity index (χ1n) is 11.7. The lowest BCUT2D eigenvalue weighted by Crippen LogP contribution is -2.24. The summed E-state index contributed by atoms with van der Waals surface area (Å²) in [6, 6.07) is 0. The van der Waals surface area contributed by atoms with Crippen molar-refractivity contribution < 1.29 is 27.8 Å². The fraction of sp³-hybridized carbons (Fsp3) is 0.727. The summed E-state index contributed by atoms with van der Waals surface area (Å²) < 4.78 is 40.0. The third-order valence-electron chi connectivity index (χ3n) is 5.82. The summed E-state index contributed by atoms with van der Waals surface area (Å²) in [6.45, 7) is 7.94. The summed E-state index contributed by atoms with van der Waals surface area (Å²) in [5.74, 6) is 0.550. The van der Waals surface area contributed by atoms with E-state index in [1.165, 1.54) is 25.7 Å². The molecule has 9 nitrogen and oxygen atoms in total. The molecule has 0 unspecified atom stereocenters. The Balaban J connectivity index is 0.000000509. The lowest BCUT2D eigenvalue weighted by molar-refractivity contribution is -0.192. The van der Waals surface area contributed by atoms with Crippen molar-refractivity contribution in [3.8, 4) is 5.88 Å². The van der Waals surface area contributed by atoms with Gasteiger partial charge >= 0.3 is 12.1 Å². The Kier molecular flexibility index (Phi) is 9.90. The van der Waals surface area contributed by atoms with Crippen molar-refractivity contribution >= 4 is 22.8 Å². The first kappa shape index (κ1) is 27.6. The second-order valence-electron chi connectivity index (χ2n) is 8.92. The van der Waals surface area contributed by atoms with E-state index in [-0.39, 0.29) is 6.10 Å². The first-order valence-corrected chi connectivity index (χ1v) is 11.7. The Morgan fingerprint density at radius 3 is 2.29 bits per heavy atom.